The third kappa shape index (κ3) is 2.23. The van der Waals surface area contributed by atoms with Gasteiger partial charge in [-0.3, -0.25) is 0 Å². The summed E-state index contributed by atoms with van der Waals surface area (Å²) >= 11 is 0. The maximum atomic E-state index is 9.18. The summed E-state index contributed by atoms with van der Waals surface area (Å²) in [5.74, 6) is 0.919. The van der Waals surface area contributed by atoms with E-state index in [-0.39, 0.29) is 5.54 Å². The van der Waals surface area contributed by atoms with Gasteiger partial charge in [0, 0.05) is 11.6 Å². The summed E-state index contributed by atoms with van der Waals surface area (Å²) < 4.78 is 0. The normalized spacial score (nSPS) is 37.4. The molecule has 2 fully saturated rings. The van der Waals surface area contributed by atoms with Crippen LogP contribution in [0.5, 0.6) is 0 Å². The van der Waals surface area contributed by atoms with Crippen LogP contribution in [0.2, 0.25) is 0 Å². The van der Waals surface area contributed by atoms with E-state index in [1.54, 1.807) is 0 Å². The average molecular weight is 183 g/mol. The lowest BCUT2D eigenvalue weighted by Crippen LogP contribution is -2.44. The first-order valence-corrected chi connectivity index (χ1v) is 5.63. The minimum absolute atomic E-state index is 0.144. The van der Waals surface area contributed by atoms with Crippen molar-refractivity contribution in [1.29, 1.82) is 0 Å². The minimum atomic E-state index is 0.144. The zero-order valence-electron chi connectivity index (χ0n) is 8.55. The Bertz CT molecular complexity index is 169. The van der Waals surface area contributed by atoms with Crippen LogP contribution in [0.4, 0.5) is 0 Å². The SMILES string of the molecule is CC1CCC(NC2(CO)CC2)CC1. The van der Waals surface area contributed by atoms with Gasteiger partial charge in [0.15, 0.2) is 0 Å². The molecule has 0 aromatic carbocycles. The molecule has 0 saturated heterocycles. The van der Waals surface area contributed by atoms with Crippen LogP contribution in [0.15, 0.2) is 0 Å². The maximum Gasteiger partial charge on any atom is 0.0613 e. The summed E-state index contributed by atoms with van der Waals surface area (Å²) in [5.41, 5.74) is 0.144. The highest BCUT2D eigenvalue weighted by Crippen LogP contribution is 2.37. The molecule has 76 valence electrons. The number of hydrogen-bond acceptors (Lipinski definition) is 2. The molecule has 2 aliphatic rings. The minimum Gasteiger partial charge on any atom is -0.394 e. The molecule has 2 rings (SSSR count). The molecule has 0 aliphatic heterocycles. The smallest absolute Gasteiger partial charge is 0.0613 e. The predicted molar refractivity (Wildman–Crippen MR) is 53.6 cm³/mol. The van der Waals surface area contributed by atoms with Crippen molar-refractivity contribution in [2.24, 2.45) is 5.92 Å². The zero-order chi connectivity index (χ0) is 9.31. The van der Waals surface area contributed by atoms with Crippen LogP contribution in [0, 0.1) is 5.92 Å². The van der Waals surface area contributed by atoms with Crippen LogP contribution >= 0.6 is 0 Å². The molecule has 0 radical (unpaired) electrons. The van der Waals surface area contributed by atoms with E-state index in [4.69, 9.17) is 0 Å². The summed E-state index contributed by atoms with van der Waals surface area (Å²) in [6.07, 6.45) is 7.69. The van der Waals surface area contributed by atoms with Crippen molar-refractivity contribution in [2.45, 2.75) is 57.0 Å². The fourth-order valence-electron chi connectivity index (χ4n) is 2.34. The Morgan fingerprint density at radius 2 is 1.85 bits per heavy atom. The lowest BCUT2D eigenvalue weighted by atomic mass is 9.87. The van der Waals surface area contributed by atoms with Gasteiger partial charge < -0.3 is 10.4 Å². The van der Waals surface area contributed by atoms with Gasteiger partial charge in [0.05, 0.1) is 6.61 Å². The van der Waals surface area contributed by atoms with E-state index in [0.717, 1.165) is 5.92 Å². The Morgan fingerprint density at radius 1 is 1.23 bits per heavy atom. The second kappa shape index (κ2) is 3.58. The average Bonchev–Trinajstić information content (AvgIpc) is 2.90. The zero-order valence-corrected chi connectivity index (χ0v) is 8.55. The Kier molecular flexibility index (Phi) is 2.61. The van der Waals surface area contributed by atoms with Crippen molar-refractivity contribution in [1.82, 2.24) is 5.32 Å². The first kappa shape index (κ1) is 9.47. The van der Waals surface area contributed by atoms with E-state index in [2.05, 4.69) is 12.2 Å². The Hall–Kier alpha value is -0.0800. The summed E-state index contributed by atoms with van der Waals surface area (Å²) in [6.45, 7) is 2.67. The highest BCUT2D eigenvalue weighted by atomic mass is 16.3. The standard InChI is InChI=1S/C11H21NO/c1-9-2-4-10(5-3-9)12-11(8-13)6-7-11/h9-10,12-13H,2-8H2,1H3. The highest BCUT2D eigenvalue weighted by molar-refractivity contribution is 5.03. The Morgan fingerprint density at radius 3 is 2.31 bits per heavy atom. The summed E-state index contributed by atoms with van der Waals surface area (Å²) in [7, 11) is 0. The van der Waals surface area contributed by atoms with E-state index in [0.29, 0.717) is 12.6 Å². The van der Waals surface area contributed by atoms with E-state index < -0.39 is 0 Å². The fourth-order valence-corrected chi connectivity index (χ4v) is 2.34. The van der Waals surface area contributed by atoms with E-state index >= 15 is 0 Å². The quantitative estimate of drug-likeness (QED) is 0.697. The molecule has 0 heterocycles. The molecule has 0 spiro atoms. The number of aliphatic hydroxyl groups excluding tert-OH is 1. The number of hydrogen-bond donors (Lipinski definition) is 2. The van der Waals surface area contributed by atoms with Crippen LogP contribution in [0.1, 0.15) is 45.4 Å². The summed E-state index contributed by atoms with van der Waals surface area (Å²) in [6, 6.07) is 0.686. The molecule has 2 heteroatoms. The topological polar surface area (TPSA) is 32.3 Å². The molecule has 2 nitrogen and oxygen atoms in total. The van der Waals surface area contributed by atoms with Gasteiger partial charge in [-0.25, -0.2) is 0 Å². The third-order valence-electron chi connectivity index (χ3n) is 3.68. The number of nitrogens with one attached hydrogen (secondary N) is 1. The van der Waals surface area contributed by atoms with Crippen molar-refractivity contribution in [2.75, 3.05) is 6.61 Å². The Labute approximate surface area is 80.7 Å². The molecule has 2 saturated carbocycles. The first-order valence-electron chi connectivity index (χ1n) is 5.63. The summed E-state index contributed by atoms with van der Waals surface area (Å²) in [5, 5.41) is 12.8. The molecule has 0 aromatic heterocycles. The van der Waals surface area contributed by atoms with Crippen molar-refractivity contribution < 1.29 is 5.11 Å². The van der Waals surface area contributed by atoms with Gasteiger partial charge >= 0.3 is 0 Å². The number of rotatable bonds is 3. The molecular weight excluding hydrogens is 162 g/mol. The van der Waals surface area contributed by atoms with Gasteiger partial charge in [-0.15, -0.1) is 0 Å². The molecule has 0 bridgehead atoms. The van der Waals surface area contributed by atoms with Crippen molar-refractivity contribution >= 4 is 0 Å². The van der Waals surface area contributed by atoms with Crippen LogP contribution in [-0.4, -0.2) is 23.3 Å². The van der Waals surface area contributed by atoms with Crippen LogP contribution in [0.3, 0.4) is 0 Å². The molecule has 13 heavy (non-hydrogen) atoms. The summed E-state index contributed by atoms with van der Waals surface area (Å²) in [4.78, 5) is 0. The van der Waals surface area contributed by atoms with E-state index in [1.165, 1.54) is 38.5 Å². The first-order chi connectivity index (χ1) is 6.24. The van der Waals surface area contributed by atoms with Crippen molar-refractivity contribution in [3.05, 3.63) is 0 Å². The van der Waals surface area contributed by atoms with Gasteiger partial charge in [0.1, 0.15) is 0 Å². The van der Waals surface area contributed by atoms with Gasteiger partial charge in [-0.1, -0.05) is 6.92 Å². The lowest BCUT2D eigenvalue weighted by Gasteiger charge is -2.30. The van der Waals surface area contributed by atoms with E-state index in [9.17, 15) is 5.11 Å². The molecular formula is C11H21NO. The van der Waals surface area contributed by atoms with Crippen LogP contribution in [0.25, 0.3) is 0 Å². The second-order valence-corrected chi connectivity index (χ2v) is 5.04. The monoisotopic (exact) mass is 183 g/mol. The third-order valence-corrected chi connectivity index (χ3v) is 3.68. The van der Waals surface area contributed by atoms with E-state index in [1.807, 2.05) is 0 Å². The number of aliphatic hydroxyl groups is 1. The largest absolute Gasteiger partial charge is 0.394 e. The van der Waals surface area contributed by atoms with Crippen molar-refractivity contribution in [3.8, 4) is 0 Å². The van der Waals surface area contributed by atoms with Gasteiger partial charge in [-0.2, -0.15) is 0 Å². The van der Waals surface area contributed by atoms with Gasteiger partial charge in [-0.05, 0) is 44.4 Å². The van der Waals surface area contributed by atoms with Crippen LogP contribution in [-0.2, 0) is 0 Å². The maximum absolute atomic E-state index is 9.18. The van der Waals surface area contributed by atoms with Gasteiger partial charge in [0.25, 0.3) is 0 Å². The highest BCUT2D eigenvalue weighted by Gasteiger charge is 2.43. The fraction of sp³-hybridized carbons (Fsp3) is 1.00. The molecule has 0 unspecified atom stereocenters. The predicted octanol–water partition coefficient (Wildman–Crippen LogP) is 1.68. The van der Waals surface area contributed by atoms with Crippen molar-refractivity contribution in [3.63, 3.8) is 0 Å². The molecule has 0 atom stereocenters. The van der Waals surface area contributed by atoms with Crippen LogP contribution < -0.4 is 5.32 Å². The molecule has 0 aromatic rings. The van der Waals surface area contributed by atoms with Gasteiger partial charge in [0.2, 0.25) is 0 Å². The molecule has 0 amide bonds. The second-order valence-electron chi connectivity index (χ2n) is 5.04. The lowest BCUT2D eigenvalue weighted by molar-refractivity contribution is 0.198. The Balaban J connectivity index is 1.76. The molecule has 2 N–H and O–H groups in total. The molecule has 2 aliphatic carbocycles.